The molecule has 2 N–H and O–H groups in total. The highest BCUT2D eigenvalue weighted by atomic mass is 16.5. The molecule has 1 aliphatic carbocycles. The number of hydrogen-bond acceptors (Lipinski definition) is 5. The van der Waals surface area contributed by atoms with Crippen LogP contribution >= 0.6 is 0 Å². The highest BCUT2D eigenvalue weighted by molar-refractivity contribution is 6.07. The third-order valence-electron chi connectivity index (χ3n) is 4.10. The van der Waals surface area contributed by atoms with Gasteiger partial charge in [0.15, 0.2) is 0 Å². The molecule has 3 rings (SSSR count). The zero-order chi connectivity index (χ0) is 17.8. The number of rotatable bonds is 6. The molecule has 8 heteroatoms. The fraction of sp³-hybridized carbons (Fsp3) is 0.412. The Balaban J connectivity index is 1.49. The normalized spacial score (nSPS) is 19.3. The number of nitrogens with one attached hydrogen (secondary N) is 2. The van der Waals surface area contributed by atoms with Gasteiger partial charge in [-0.2, -0.15) is 0 Å². The highest BCUT2D eigenvalue weighted by Crippen LogP contribution is 2.30. The first-order chi connectivity index (χ1) is 12.0. The lowest BCUT2D eigenvalue weighted by molar-refractivity contribution is -0.138. The van der Waals surface area contributed by atoms with Gasteiger partial charge in [-0.15, -0.1) is 0 Å². The first-order valence-corrected chi connectivity index (χ1v) is 8.14. The zero-order valence-electron chi connectivity index (χ0n) is 13.6. The van der Waals surface area contributed by atoms with Gasteiger partial charge in [-0.05, 0) is 18.4 Å². The minimum atomic E-state index is -0.783. The second-order valence-corrected chi connectivity index (χ2v) is 6.08. The molecule has 8 nitrogen and oxygen atoms in total. The van der Waals surface area contributed by atoms with Crippen LogP contribution < -0.4 is 10.6 Å². The molecule has 0 aromatic heterocycles. The van der Waals surface area contributed by atoms with Gasteiger partial charge in [0, 0.05) is 6.04 Å². The highest BCUT2D eigenvalue weighted by Gasteiger charge is 2.44. The van der Waals surface area contributed by atoms with Gasteiger partial charge in [0.1, 0.15) is 19.2 Å². The number of carbonyl (C=O) groups is 4. The summed E-state index contributed by atoms with van der Waals surface area (Å²) in [5.74, 6) is -1.24. The largest absolute Gasteiger partial charge is 0.445 e. The van der Waals surface area contributed by atoms with Crippen LogP contribution in [-0.4, -0.2) is 47.3 Å². The van der Waals surface area contributed by atoms with Crippen molar-refractivity contribution in [1.82, 2.24) is 15.5 Å². The monoisotopic (exact) mass is 345 g/mol. The lowest BCUT2D eigenvalue weighted by Crippen LogP contribution is -2.49. The van der Waals surface area contributed by atoms with Crippen LogP contribution in [-0.2, 0) is 25.7 Å². The van der Waals surface area contributed by atoms with Crippen LogP contribution in [0.15, 0.2) is 30.3 Å². The van der Waals surface area contributed by atoms with E-state index >= 15 is 0 Å². The minimum absolute atomic E-state index is 0.0282. The van der Waals surface area contributed by atoms with Crippen molar-refractivity contribution in [3.63, 3.8) is 0 Å². The number of amides is 4. The minimum Gasteiger partial charge on any atom is -0.445 e. The van der Waals surface area contributed by atoms with Crippen molar-refractivity contribution < 1.29 is 23.9 Å². The quantitative estimate of drug-likeness (QED) is 0.723. The Hall–Kier alpha value is -2.90. The van der Waals surface area contributed by atoms with Crippen LogP contribution in [0.3, 0.4) is 0 Å². The first kappa shape index (κ1) is 16.9. The molecule has 25 heavy (non-hydrogen) atoms. The molecule has 1 aromatic rings. The molecular formula is C17H19N3O5. The third-order valence-corrected chi connectivity index (χ3v) is 4.10. The number of nitrogens with zero attached hydrogens (tertiary/aromatic N) is 1. The van der Waals surface area contributed by atoms with E-state index in [4.69, 9.17) is 4.74 Å². The standard InChI is InChI=1S/C17H19N3O5/c21-14-8-13(16(23)19-14)20(12-6-7-12)15(22)9-18-17(24)25-10-11-4-2-1-3-5-11/h1-5,12-13H,6-10H2,(H,18,24)(H,19,21,23). The van der Waals surface area contributed by atoms with Crippen molar-refractivity contribution in [3.8, 4) is 0 Å². The SMILES string of the molecule is O=C1CC(N(C(=O)CNC(=O)OCc2ccccc2)C2CC2)C(=O)N1. The van der Waals surface area contributed by atoms with Crippen molar-refractivity contribution in [2.75, 3.05) is 6.54 Å². The number of imide groups is 1. The van der Waals surface area contributed by atoms with Gasteiger partial charge in [0.2, 0.25) is 17.7 Å². The molecule has 0 radical (unpaired) electrons. The van der Waals surface area contributed by atoms with Crippen molar-refractivity contribution >= 4 is 23.8 Å². The summed E-state index contributed by atoms with van der Waals surface area (Å²) in [5.41, 5.74) is 0.838. The molecule has 0 bridgehead atoms. The molecule has 1 unspecified atom stereocenters. The van der Waals surface area contributed by atoms with E-state index in [0.29, 0.717) is 0 Å². The number of ether oxygens (including phenoxy) is 1. The summed E-state index contributed by atoms with van der Waals surface area (Å²) in [4.78, 5) is 48.7. The smallest absolute Gasteiger partial charge is 0.407 e. The van der Waals surface area contributed by atoms with Crippen LogP contribution in [0.2, 0.25) is 0 Å². The summed E-state index contributed by atoms with van der Waals surface area (Å²) in [6.07, 6.45) is 0.851. The number of alkyl carbamates (subject to hydrolysis) is 1. The van der Waals surface area contributed by atoms with Gasteiger partial charge >= 0.3 is 6.09 Å². The Morgan fingerprint density at radius 1 is 1.20 bits per heavy atom. The first-order valence-electron chi connectivity index (χ1n) is 8.14. The van der Waals surface area contributed by atoms with Crippen LogP contribution in [0.1, 0.15) is 24.8 Å². The lowest BCUT2D eigenvalue weighted by atomic mass is 10.2. The van der Waals surface area contributed by atoms with Crippen molar-refractivity contribution in [2.24, 2.45) is 0 Å². The molecule has 1 aliphatic heterocycles. The molecule has 1 saturated carbocycles. The van der Waals surface area contributed by atoms with E-state index in [2.05, 4.69) is 10.6 Å². The number of carbonyl (C=O) groups excluding carboxylic acids is 4. The maximum absolute atomic E-state index is 12.4. The summed E-state index contributed by atoms with van der Waals surface area (Å²) in [6.45, 7) is -0.172. The van der Waals surface area contributed by atoms with E-state index in [1.54, 1.807) is 0 Å². The summed E-state index contributed by atoms with van der Waals surface area (Å²) >= 11 is 0. The molecule has 2 aliphatic rings. The van der Waals surface area contributed by atoms with Crippen LogP contribution in [0.25, 0.3) is 0 Å². The average Bonchev–Trinajstić information content (AvgIpc) is 3.37. The van der Waals surface area contributed by atoms with Gasteiger partial charge in [0.05, 0.1) is 6.42 Å². The van der Waals surface area contributed by atoms with Crippen molar-refractivity contribution in [2.45, 2.75) is 38.0 Å². The summed E-state index contributed by atoms with van der Waals surface area (Å²) in [7, 11) is 0. The topological polar surface area (TPSA) is 105 Å². The van der Waals surface area contributed by atoms with E-state index in [0.717, 1.165) is 18.4 Å². The fourth-order valence-electron chi connectivity index (χ4n) is 2.76. The molecule has 2 fully saturated rings. The maximum Gasteiger partial charge on any atom is 0.407 e. The predicted octanol–water partition coefficient (Wildman–Crippen LogP) is 0.319. The fourth-order valence-corrected chi connectivity index (χ4v) is 2.76. The van der Waals surface area contributed by atoms with E-state index in [1.165, 1.54) is 4.90 Å². The van der Waals surface area contributed by atoms with E-state index in [1.807, 2.05) is 30.3 Å². The van der Waals surface area contributed by atoms with Crippen molar-refractivity contribution in [1.29, 1.82) is 0 Å². The van der Waals surface area contributed by atoms with Gasteiger partial charge in [-0.3, -0.25) is 19.7 Å². The second-order valence-electron chi connectivity index (χ2n) is 6.08. The molecule has 4 amide bonds. The molecule has 1 saturated heterocycles. The Morgan fingerprint density at radius 2 is 1.92 bits per heavy atom. The Labute approximate surface area is 144 Å². The van der Waals surface area contributed by atoms with E-state index < -0.39 is 23.9 Å². The lowest BCUT2D eigenvalue weighted by Gasteiger charge is -2.26. The molecule has 1 aromatic carbocycles. The van der Waals surface area contributed by atoms with Gasteiger partial charge in [0.25, 0.3) is 0 Å². The molecular weight excluding hydrogens is 326 g/mol. The zero-order valence-corrected chi connectivity index (χ0v) is 13.6. The average molecular weight is 345 g/mol. The number of hydrogen-bond donors (Lipinski definition) is 2. The molecule has 1 heterocycles. The van der Waals surface area contributed by atoms with Crippen LogP contribution in [0.5, 0.6) is 0 Å². The number of benzene rings is 1. The summed E-state index contributed by atoms with van der Waals surface area (Å²) < 4.78 is 5.04. The summed E-state index contributed by atoms with van der Waals surface area (Å²) in [6, 6.07) is 8.35. The van der Waals surface area contributed by atoms with Crippen molar-refractivity contribution in [3.05, 3.63) is 35.9 Å². The maximum atomic E-state index is 12.4. The van der Waals surface area contributed by atoms with Gasteiger partial charge in [-0.25, -0.2) is 4.79 Å². The molecule has 132 valence electrons. The van der Waals surface area contributed by atoms with Gasteiger partial charge < -0.3 is 15.0 Å². The molecule has 1 atom stereocenters. The Kier molecular flexibility index (Phi) is 4.97. The van der Waals surface area contributed by atoms with Gasteiger partial charge in [-0.1, -0.05) is 30.3 Å². The second kappa shape index (κ2) is 7.33. The Bertz CT molecular complexity index is 687. The predicted molar refractivity (Wildman–Crippen MR) is 86.1 cm³/mol. The molecule has 0 spiro atoms. The van der Waals surface area contributed by atoms with E-state index in [9.17, 15) is 19.2 Å². The van der Waals surface area contributed by atoms with Crippen LogP contribution in [0.4, 0.5) is 4.79 Å². The third kappa shape index (κ3) is 4.34. The Morgan fingerprint density at radius 3 is 2.52 bits per heavy atom. The summed E-state index contributed by atoms with van der Waals surface area (Å²) in [5, 5.41) is 4.60. The van der Waals surface area contributed by atoms with Crippen LogP contribution in [0, 0.1) is 0 Å². The van der Waals surface area contributed by atoms with E-state index in [-0.39, 0.29) is 31.5 Å².